The van der Waals surface area contributed by atoms with Crippen LogP contribution < -0.4 is 17.0 Å². The molecule has 17 heavy (non-hydrogen) atoms. The van der Waals surface area contributed by atoms with Gasteiger partial charge in [0.15, 0.2) is 0 Å². The van der Waals surface area contributed by atoms with E-state index in [1.54, 1.807) is 0 Å². The highest BCUT2D eigenvalue weighted by atomic mass is 79.9. The molecule has 0 nitrogen and oxygen atoms in total. The number of halogens is 2. The molecule has 1 saturated heterocycles. The summed E-state index contributed by atoms with van der Waals surface area (Å²) in [6.45, 7) is 8.56. The molecule has 0 amide bonds. The Bertz CT molecular complexity index is 220. The maximum absolute atomic E-state index is 3.27. The summed E-state index contributed by atoms with van der Waals surface area (Å²) in [5, 5.41) is 0.981. The van der Waals surface area contributed by atoms with Gasteiger partial charge < -0.3 is 17.0 Å². The quantitative estimate of drug-likeness (QED) is 0.394. The first-order valence-electron chi connectivity index (χ1n) is 6.03. The van der Waals surface area contributed by atoms with Gasteiger partial charge in [0, 0.05) is 5.33 Å². The van der Waals surface area contributed by atoms with E-state index >= 15 is 0 Å². The van der Waals surface area contributed by atoms with E-state index in [1.807, 2.05) is 0 Å². The summed E-state index contributed by atoms with van der Waals surface area (Å²) in [5.74, 6) is 4.37. The summed E-state index contributed by atoms with van der Waals surface area (Å²) in [4.78, 5) is 0. The van der Waals surface area contributed by atoms with Crippen molar-refractivity contribution in [1.82, 2.24) is 0 Å². The van der Waals surface area contributed by atoms with E-state index in [0.29, 0.717) is 0 Å². The summed E-state index contributed by atoms with van der Waals surface area (Å²) in [6, 6.07) is 0. The van der Waals surface area contributed by atoms with Crippen LogP contribution in [0.25, 0.3) is 0 Å². The Labute approximate surface area is 130 Å². The number of hydrogen-bond acceptors (Lipinski definition) is 0. The highest BCUT2D eigenvalue weighted by Crippen LogP contribution is 2.13. The molecule has 0 spiro atoms. The van der Waals surface area contributed by atoms with Crippen molar-refractivity contribution in [2.24, 2.45) is 0 Å². The SMILES string of the molecule is CC(C)=CCBr.CC(C)=CC[S+]1CCCC1.[Br-]. The topological polar surface area (TPSA) is 0 Å². The molecule has 0 N–H and O–H groups in total. The maximum Gasteiger partial charge on any atom is 0.126 e. The Morgan fingerprint density at radius 2 is 1.47 bits per heavy atom. The lowest BCUT2D eigenvalue weighted by atomic mass is 10.3. The molecule has 0 unspecified atom stereocenters. The Morgan fingerprint density at radius 3 is 1.76 bits per heavy atom. The van der Waals surface area contributed by atoms with E-state index in [9.17, 15) is 0 Å². The average Bonchev–Trinajstić information content (AvgIpc) is 2.67. The van der Waals surface area contributed by atoms with Gasteiger partial charge in [-0.15, -0.1) is 0 Å². The third-order valence-electron chi connectivity index (χ3n) is 2.33. The highest BCUT2D eigenvalue weighted by molar-refractivity contribution is 9.09. The van der Waals surface area contributed by atoms with E-state index in [4.69, 9.17) is 0 Å². The number of hydrogen-bond donors (Lipinski definition) is 0. The first-order chi connectivity index (χ1) is 7.56. The van der Waals surface area contributed by atoms with E-state index in [1.165, 1.54) is 41.2 Å². The van der Waals surface area contributed by atoms with Crippen molar-refractivity contribution in [3.63, 3.8) is 0 Å². The van der Waals surface area contributed by atoms with Gasteiger partial charge in [-0.3, -0.25) is 0 Å². The minimum atomic E-state index is 0. The van der Waals surface area contributed by atoms with Crippen LogP contribution in [0.1, 0.15) is 40.5 Å². The summed E-state index contributed by atoms with van der Waals surface area (Å²) >= 11 is 3.27. The molecule has 1 aliphatic heterocycles. The fourth-order valence-electron chi connectivity index (χ4n) is 1.32. The highest BCUT2D eigenvalue weighted by Gasteiger charge is 2.21. The van der Waals surface area contributed by atoms with Gasteiger partial charge in [0.05, 0.1) is 0 Å². The summed E-state index contributed by atoms with van der Waals surface area (Å²) in [5.41, 5.74) is 2.85. The zero-order valence-electron chi connectivity index (χ0n) is 11.6. The van der Waals surface area contributed by atoms with E-state index in [-0.39, 0.29) is 17.0 Å². The minimum absolute atomic E-state index is 0. The van der Waals surface area contributed by atoms with Crippen molar-refractivity contribution in [1.29, 1.82) is 0 Å². The molecule has 0 atom stereocenters. The zero-order chi connectivity index (χ0) is 12.4. The van der Waals surface area contributed by atoms with Gasteiger partial charge in [-0.1, -0.05) is 33.2 Å². The predicted molar refractivity (Wildman–Crippen MR) is 83.9 cm³/mol. The molecule has 1 aliphatic rings. The molecular weight excluding hydrogens is 360 g/mol. The first kappa shape index (κ1) is 20.1. The van der Waals surface area contributed by atoms with Crippen LogP contribution in [-0.4, -0.2) is 22.6 Å². The van der Waals surface area contributed by atoms with Crippen LogP contribution in [-0.2, 0) is 10.9 Å². The van der Waals surface area contributed by atoms with Crippen molar-refractivity contribution >= 4 is 26.8 Å². The molecule has 0 bridgehead atoms. The minimum Gasteiger partial charge on any atom is -1.00 e. The maximum atomic E-state index is 3.27. The lowest BCUT2D eigenvalue weighted by Gasteiger charge is -1.94. The van der Waals surface area contributed by atoms with Crippen molar-refractivity contribution in [3.8, 4) is 0 Å². The van der Waals surface area contributed by atoms with Crippen LogP contribution in [0, 0.1) is 0 Å². The molecule has 3 heteroatoms. The predicted octanol–water partition coefficient (Wildman–Crippen LogP) is 1.72. The molecule has 1 fully saturated rings. The molecule has 0 radical (unpaired) electrons. The second kappa shape index (κ2) is 13.2. The Morgan fingerprint density at radius 1 is 1.00 bits per heavy atom. The third kappa shape index (κ3) is 14.7. The van der Waals surface area contributed by atoms with Crippen molar-refractivity contribution in [3.05, 3.63) is 23.3 Å². The molecule has 0 aromatic rings. The summed E-state index contributed by atoms with van der Waals surface area (Å²) in [6.07, 6.45) is 7.49. The van der Waals surface area contributed by atoms with Gasteiger partial charge in [0.25, 0.3) is 0 Å². The van der Waals surface area contributed by atoms with Crippen LogP contribution in [0.3, 0.4) is 0 Å². The smallest absolute Gasteiger partial charge is 0.126 e. The van der Waals surface area contributed by atoms with Crippen molar-refractivity contribution < 1.29 is 17.0 Å². The Hall–Kier alpha value is 0.790. The fraction of sp³-hybridized carbons (Fsp3) is 0.714. The fourth-order valence-corrected chi connectivity index (χ4v) is 4.30. The molecule has 102 valence electrons. The summed E-state index contributed by atoms with van der Waals surface area (Å²) < 4.78 is 0. The average molecular weight is 386 g/mol. The van der Waals surface area contributed by atoms with E-state index in [0.717, 1.165) is 16.2 Å². The van der Waals surface area contributed by atoms with Gasteiger partial charge in [-0.05, 0) is 57.5 Å². The van der Waals surface area contributed by atoms with Gasteiger partial charge >= 0.3 is 0 Å². The lowest BCUT2D eigenvalue weighted by Crippen LogP contribution is -3.00. The molecule has 0 aromatic heterocycles. The number of rotatable bonds is 3. The molecule has 0 aliphatic carbocycles. The summed E-state index contributed by atoms with van der Waals surface area (Å²) in [7, 11) is 0.776. The first-order valence-corrected chi connectivity index (χ1v) is 8.88. The van der Waals surface area contributed by atoms with Gasteiger partial charge in [-0.2, -0.15) is 0 Å². The van der Waals surface area contributed by atoms with Crippen molar-refractivity contribution in [2.45, 2.75) is 40.5 Å². The monoisotopic (exact) mass is 384 g/mol. The van der Waals surface area contributed by atoms with Crippen molar-refractivity contribution in [2.75, 3.05) is 22.6 Å². The van der Waals surface area contributed by atoms with E-state index < -0.39 is 0 Å². The van der Waals surface area contributed by atoms with Gasteiger partial charge in [0.1, 0.15) is 17.3 Å². The van der Waals surface area contributed by atoms with Crippen LogP contribution in [0.4, 0.5) is 0 Å². The number of alkyl halides is 1. The Balaban J connectivity index is 0. The Kier molecular flexibility index (Phi) is 15.7. The molecule has 0 saturated carbocycles. The van der Waals surface area contributed by atoms with Crippen LogP contribution >= 0.6 is 15.9 Å². The van der Waals surface area contributed by atoms with Gasteiger partial charge in [0.2, 0.25) is 0 Å². The molecule has 1 heterocycles. The molecule has 0 aromatic carbocycles. The van der Waals surface area contributed by atoms with Crippen LogP contribution in [0.2, 0.25) is 0 Å². The normalized spacial score (nSPS) is 14.2. The lowest BCUT2D eigenvalue weighted by molar-refractivity contribution is -0.00000362. The molecular formula is C14H26Br2S. The zero-order valence-corrected chi connectivity index (χ0v) is 15.6. The second-order valence-corrected chi connectivity index (χ2v) is 7.63. The molecule has 1 rings (SSSR count). The second-order valence-electron chi connectivity index (χ2n) is 4.61. The number of allylic oxidation sites excluding steroid dienone is 3. The van der Waals surface area contributed by atoms with Crippen LogP contribution in [0.15, 0.2) is 23.3 Å². The third-order valence-corrected chi connectivity index (χ3v) is 5.02. The largest absolute Gasteiger partial charge is 1.00 e. The van der Waals surface area contributed by atoms with E-state index in [2.05, 4.69) is 55.8 Å². The van der Waals surface area contributed by atoms with Gasteiger partial charge in [-0.25, -0.2) is 0 Å². The van der Waals surface area contributed by atoms with Crippen LogP contribution in [0.5, 0.6) is 0 Å². The standard InChI is InChI=1S/C9H17S.C5H9Br.BrH/c1-9(2)5-8-10-6-3-4-7-10;1-5(2)3-4-6;/h5H,3-4,6-8H2,1-2H3;3H,4H2,1-2H3;1H/q+1;;/p-1.